The van der Waals surface area contributed by atoms with Crippen LogP contribution in [-0.2, 0) is 6.42 Å². The molecular weight excluding hydrogens is 240 g/mol. The van der Waals surface area contributed by atoms with E-state index in [9.17, 15) is 5.11 Å². The largest absolute Gasteiger partial charge is 0.389 e. The first kappa shape index (κ1) is 12.4. The molecule has 1 saturated carbocycles. The molecule has 1 nitrogen and oxygen atoms in total. The minimum Gasteiger partial charge on any atom is -0.389 e. The zero-order valence-corrected chi connectivity index (χ0v) is 11.5. The van der Waals surface area contributed by atoms with Gasteiger partial charge in [0.25, 0.3) is 0 Å². The maximum atomic E-state index is 10.8. The van der Waals surface area contributed by atoms with Gasteiger partial charge in [0.2, 0.25) is 0 Å². The molecule has 1 atom stereocenters. The van der Waals surface area contributed by atoms with E-state index in [2.05, 4.69) is 13.8 Å². The van der Waals surface area contributed by atoms with Gasteiger partial charge in [0, 0.05) is 11.3 Å². The van der Waals surface area contributed by atoms with E-state index in [0.717, 1.165) is 30.0 Å². The minimum atomic E-state index is -0.556. The Labute approximate surface area is 106 Å². The molecule has 1 aliphatic rings. The zero-order valence-electron chi connectivity index (χ0n) is 9.92. The summed E-state index contributed by atoms with van der Waals surface area (Å²) < 4.78 is 0.812. The second kappa shape index (κ2) is 4.32. The lowest BCUT2D eigenvalue weighted by atomic mass is 9.64. The van der Waals surface area contributed by atoms with Crippen LogP contribution in [0, 0.1) is 5.41 Å². The maximum Gasteiger partial charge on any atom is 0.0931 e. The number of thiophene rings is 1. The first-order valence-electron chi connectivity index (χ1n) is 5.90. The van der Waals surface area contributed by atoms with Gasteiger partial charge in [-0.1, -0.05) is 38.3 Å². The van der Waals surface area contributed by atoms with Gasteiger partial charge in [-0.25, -0.2) is 0 Å². The van der Waals surface area contributed by atoms with Crippen LogP contribution >= 0.6 is 22.9 Å². The molecule has 1 aromatic heterocycles. The molecule has 16 heavy (non-hydrogen) atoms. The third-order valence-corrected chi connectivity index (χ3v) is 5.23. The molecule has 0 aromatic carbocycles. The lowest BCUT2D eigenvalue weighted by molar-refractivity contribution is -0.0953. The molecule has 0 spiro atoms. The van der Waals surface area contributed by atoms with Crippen molar-refractivity contribution in [2.75, 3.05) is 0 Å². The Balaban J connectivity index is 2.17. The predicted octanol–water partition coefficient (Wildman–Crippen LogP) is 4.28. The molecule has 1 aliphatic carbocycles. The van der Waals surface area contributed by atoms with Gasteiger partial charge in [-0.3, -0.25) is 0 Å². The van der Waals surface area contributed by atoms with Gasteiger partial charge >= 0.3 is 0 Å². The highest BCUT2D eigenvalue weighted by Gasteiger charge is 2.45. The summed E-state index contributed by atoms with van der Waals surface area (Å²) in [7, 11) is 0. The highest BCUT2D eigenvalue weighted by molar-refractivity contribution is 7.16. The number of rotatable bonds is 2. The second-order valence-corrected chi connectivity index (χ2v) is 7.30. The van der Waals surface area contributed by atoms with Crippen molar-refractivity contribution >= 4 is 22.9 Å². The summed E-state index contributed by atoms with van der Waals surface area (Å²) in [6.45, 7) is 4.36. The van der Waals surface area contributed by atoms with Gasteiger partial charge < -0.3 is 5.11 Å². The quantitative estimate of drug-likeness (QED) is 0.840. The average molecular weight is 259 g/mol. The van der Waals surface area contributed by atoms with Crippen LogP contribution < -0.4 is 0 Å². The summed E-state index contributed by atoms with van der Waals surface area (Å²) in [5.41, 5.74) is -0.541. The SMILES string of the molecule is CC1(C)CCCCC1(O)Cc1ccc(Cl)s1. The van der Waals surface area contributed by atoms with Gasteiger partial charge in [0.15, 0.2) is 0 Å². The third kappa shape index (κ3) is 2.29. The smallest absolute Gasteiger partial charge is 0.0931 e. The molecule has 0 radical (unpaired) electrons. The summed E-state index contributed by atoms with van der Waals surface area (Å²) in [5.74, 6) is 0. The highest BCUT2D eigenvalue weighted by atomic mass is 35.5. The summed E-state index contributed by atoms with van der Waals surface area (Å²) >= 11 is 7.52. The third-order valence-electron chi connectivity index (χ3n) is 4.00. The van der Waals surface area contributed by atoms with Gasteiger partial charge in [0.05, 0.1) is 9.94 Å². The molecule has 90 valence electrons. The fourth-order valence-electron chi connectivity index (χ4n) is 2.62. The van der Waals surface area contributed by atoms with Crippen molar-refractivity contribution < 1.29 is 5.11 Å². The topological polar surface area (TPSA) is 20.2 Å². The molecule has 0 saturated heterocycles. The van der Waals surface area contributed by atoms with E-state index in [-0.39, 0.29) is 5.41 Å². The predicted molar refractivity (Wildman–Crippen MR) is 70.2 cm³/mol. The standard InChI is InChI=1S/C13H19ClOS/c1-12(2)7-3-4-8-13(12,15)9-10-5-6-11(14)16-10/h5-6,15H,3-4,7-9H2,1-2H3. The maximum absolute atomic E-state index is 10.8. The van der Waals surface area contributed by atoms with Crippen LogP contribution in [0.1, 0.15) is 44.4 Å². The Kier molecular flexibility index (Phi) is 3.35. The molecule has 1 unspecified atom stereocenters. The van der Waals surface area contributed by atoms with Crippen molar-refractivity contribution in [1.82, 2.24) is 0 Å². The second-order valence-electron chi connectivity index (χ2n) is 5.51. The lowest BCUT2D eigenvalue weighted by Gasteiger charge is -2.46. The number of halogens is 1. The number of hydrogen-bond acceptors (Lipinski definition) is 2. The van der Waals surface area contributed by atoms with Crippen molar-refractivity contribution in [3.63, 3.8) is 0 Å². The Morgan fingerprint density at radius 3 is 2.56 bits per heavy atom. The molecule has 2 rings (SSSR count). The van der Waals surface area contributed by atoms with E-state index in [1.807, 2.05) is 12.1 Å². The van der Waals surface area contributed by atoms with E-state index in [1.165, 1.54) is 11.3 Å². The number of hydrogen-bond donors (Lipinski definition) is 1. The summed E-state index contributed by atoms with van der Waals surface area (Å²) in [6, 6.07) is 3.95. The van der Waals surface area contributed by atoms with Crippen molar-refractivity contribution in [3.8, 4) is 0 Å². The molecule has 0 bridgehead atoms. The molecule has 1 aromatic rings. The Morgan fingerprint density at radius 2 is 2.00 bits per heavy atom. The Hall–Kier alpha value is -0.0500. The summed E-state index contributed by atoms with van der Waals surface area (Å²) in [5, 5.41) is 10.8. The van der Waals surface area contributed by atoms with Crippen LogP contribution in [0.25, 0.3) is 0 Å². The first-order chi connectivity index (χ1) is 7.43. The van der Waals surface area contributed by atoms with E-state index >= 15 is 0 Å². The monoisotopic (exact) mass is 258 g/mol. The van der Waals surface area contributed by atoms with Crippen molar-refractivity contribution in [3.05, 3.63) is 21.3 Å². The summed E-state index contributed by atoms with van der Waals surface area (Å²) in [6.07, 6.45) is 5.15. The van der Waals surface area contributed by atoms with Gasteiger partial charge in [-0.15, -0.1) is 11.3 Å². The van der Waals surface area contributed by atoms with Gasteiger partial charge in [0.1, 0.15) is 0 Å². The van der Waals surface area contributed by atoms with Crippen LogP contribution in [0.4, 0.5) is 0 Å². The van der Waals surface area contributed by atoms with Crippen LogP contribution in [0.2, 0.25) is 4.34 Å². The van der Waals surface area contributed by atoms with E-state index < -0.39 is 5.60 Å². The fraction of sp³-hybridized carbons (Fsp3) is 0.692. The summed E-state index contributed by atoms with van der Waals surface area (Å²) in [4.78, 5) is 1.20. The van der Waals surface area contributed by atoms with Crippen LogP contribution in [0.5, 0.6) is 0 Å². The van der Waals surface area contributed by atoms with Crippen molar-refractivity contribution in [2.45, 2.75) is 51.6 Å². The Morgan fingerprint density at radius 1 is 1.31 bits per heavy atom. The molecule has 0 amide bonds. The molecule has 1 heterocycles. The van der Waals surface area contributed by atoms with Gasteiger partial charge in [-0.05, 0) is 30.4 Å². The van der Waals surface area contributed by atoms with Gasteiger partial charge in [-0.2, -0.15) is 0 Å². The molecule has 1 N–H and O–H groups in total. The van der Waals surface area contributed by atoms with E-state index in [1.54, 1.807) is 11.3 Å². The van der Waals surface area contributed by atoms with Crippen LogP contribution in [-0.4, -0.2) is 10.7 Å². The Bertz CT molecular complexity index is 372. The van der Waals surface area contributed by atoms with Crippen molar-refractivity contribution in [1.29, 1.82) is 0 Å². The zero-order chi connectivity index (χ0) is 11.8. The highest BCUT2D eigenvalue weighted by Crippen LogP contribution is 2.46. The van der Waals surface area contributed by atoms with E-state index in [4.69, 9.17) is 11.6 Å². The molecule has 0 aliphatic heterocycles. The minimum absolute atomic E-state index is 0.0156. The molecule has 1 fully saturated rings. The molecule has 3 heteroatoms. The first-order valence-corrected chi connectivity index (χ1v) is 7.09. The number of aliphatic hydroxyl groups is 1. The van der Waals surface area contributed by atoms with Crippen LogP contribution in [0.3, 0.4) is 0 Å². The molecular formula is C13H19ClOS. The average Bonchev–Trinajstić information content (AvgIpc) is 2.57. The van der Waals surface area contributed by atoms with Crippen LogP contribution in [0.15, 0.2) is 12.1 Å². The van der Waals surface area contributed by atoms with E-state index in [0.29, 0.717) is 0 Å². The normalized spacial score (nSPS) is 29.2. The van der Waals surface area contributed by atoms with Crippen molar-refractivity contribution in [2.24, 2.45) is 5.41 Å². The fourth-order valence-corrected chi connectivity index (χ4v) is 3.81. The lowest BCUT2D eigenvalue weighted by Crippen LogP contribution is -2.48.